The lowest BCUT2D eigenvalue weighted by molar-refractivity contribution is 0.0783. The van der Waals surface area contributed by atoms with Gasteiger partial charge in [-0.1, -0.05) is 44.2 Å². The van der Waals surface area contributed by atoms with Crippen LogP contribution in [0, 0.1) is 11.6 Å². The summed E-state index contributed by atoms with van der Waals surface area (Å²) in [5.74, 6) is -3.13. The van der Waals surface area contributed by atoms with Crippen molar-refractivity contribution in [3.8, 4) is 0 Å². The summed E-state index contributed by atoms with van der Waals surface area (Å²) < 4.78 is 56.0. The molecule has 0 bridgehead atoms. The maximum Gasteiger partial charge on any atom is 0.254 e. The Labute approximate surface area is 171 Å². The Morgan fingerprint density at radius 3 is 1.97 bits per heavy atom. The first kappa shape index (κ1) is 23.0. The predicted molar refractivity (Wildman–Crippen MR) is 108 cm³/mol. The Kier molecular flexibility index (Phi) is 7.87. The SMILES string of the molecule is CCCN(CCC)S(=O)(=O)c1c(F)cc(C(=O)N(C)Cc2ccccc2)cc1F. The fourth-order valence-corrected chi connectivity index (χ4v) is 4.77. The summed E-state index contributed by atoms with van der Waals surface area (Å²) in [4.78, 5) is 12.9. The third-order valence-electron chi connectivity index (χ3n) is 4.40. The van der Waals surface area contributed by atoms with Crippen molar-refractivity contribution in [2.45, 2.75) is 38.1 Å². The minimum Gasteiger partial charge on any atom is -0.337 e. The molecule has 5 nitrogen and oxygen atoms in total. The number of hydrogen-bond acceptors (Lipinski definition) is 3. The number of sulfonamides is 1. The first-order valence-electron chi connectivity index (χ1n) is 9.50. The van der Waals surface area contributed by atoms with Crippen LogP contribution in [0.15, 0.2) is 47.4 Å². The lowest BCUT2D eigenvalue weighted by Gasteiger charge is -2.22. The van der Waals surface area contributed by atoms with Gasteiger partial charge in [-0.05, 0) is 30.5 Å². The van der Waals surface area contributed by atoms with Gasteiger partial charge in [-0.3, -0.25) is 4.79 Å². The molecule has 0 aliphatic heterocycles. The largest absolute Gasteiger partial charge is 0.337 e. The van der Waals surface area contributed by atoms with Gasteiger partial charge >= 0.3 is 0 Å². The first-order chi connectivity index (χ1) is 13.7. The lowest BCUT2D eigenvalue weighted by atomic mass is 10.1. The average Bonchev–Trinajstić information content (AvgIpc) is 2.67. The van der Waals surface area contributed by atoms with Crippen molar-refractivity contribution in [1.29, 1.82) is 0 Å². The summed E-state index contributed by atoms with van der Waals surface area (Å²) in [6.07, 6.45) is 1.03. The molecule has 0 saturated heterocycles. The van der Waals surface area contributed by atoms with Gasteiger partial charge in [0.05, 0.1) is 0 Å². The number of carbonyl (C=O) groups excluding carboxylic acids is 1. The molecule has 29 heavy (non-hydrogen) atoms. The average molecular weight is 425 g/mol. The Hall–Kier alpha value is -2.32. The molecule has 0 aliphatic rings. The van der Waals surface area contributed by atoms with Crippen LogP contribution >= 0.6 is 0 Å². The van der Waals surface area contributed by atoms with E-state index in [9.17, 15) is 22.0 Å². The highest BCUT2D eigenvalue weighted by Crippen LogP contribution is 2.25. The monoisotopic (exact) mass is 424 g/mol. The van der Waals surface area contributed by atoms with E-state index < -0.39 is 32.5 Å². The van der Waals surface area contributed by atoms with Crippen LogP contribution in [-0.2, 0) is 16.6 Å². The van der Waals surface area contributed by atoms with E-state index in [2.05, 4.69) is 0 Å². The van der Waals surface area contributed by atoms with Gasteiger partial charge in [-0.15, -0.1) is 0 Å². The van der Waals surface area contributed by atoms with Crippen molar-refractivity contribution in [1.82, 2.24) is 9.21 Å². The summed E-state index contributed by atoms with van der Waals surface area (Å²) >= 11 is 0. The van der Waals surface area contributed by atoms with Gasteiger partial charge in [0.25, 0.3) is 5.91 Å². The number of carbonyl (C=O) groups is 1. The molecule has 0 atom stereocenters. The quantitative estimate of drug-likeness (QED) is 0.610. The van der Waals surface area contributed by atoms with E-state index in [1.54, 1.807) is 13.8 Å². The summed E-state index contributed by atoms with van der Waals surface area (Å²) in [6, 6.07) is 10.7. The number of nitrogens with zero attached hydrogens (tertiary/aromatic N) is 2. The summed E-state index contributed by atoms with van der Waals surface area (Å²) in [6.45, 7) is 4.15. The maximum absolute atomic E-state index is 14.7. The molecule has 0 saturated carbocycles. The van der Waals surface area contributed by atoms with E-state index in [0.29, 0.717) is 12.8 Å². The molecule has 158 valence electrons. The predicted octanol–water partition coefficient (Wildman–Crippen LogP) is 4.05. The molecule has 0 aromatic heterocycles. The minimum absolute atomic E-state index is 0.162. The van der Waals surface area contributed by atoms with Crippen LogP contribution < -0.4 is 0 Å². The van der Waals surface area contributed by atoms with Crippen molar-refractivity contribution in [3.05, 3.63) is 65.2 Å². The van der Waals surface area contributed by atoms with Gasteiger partial charge < -0.3 is 4.90 Å². The summed E-state index contributed by atoms with van der Waals surface area (Å²) in [5.41, 5.74) is 0.619. The van der Waals surface area contributed by atoms with Crippen LogP contribution in [0.2, 0.25) is 0 Å². The number of rotatable bonds is 9. The van der Waals surface area contributed by atoms with Gasteiger partial charge in [0.2, 0.25) is 10.0 Å². The van der Waals surface area contributed by atoms with Crippen molar-refractivity contribution in [2.24, 2.45) is 0 Å². The van der Waals surface area contributed by atoms with Gasteiger partial charge in [-0.25, -0.2) is 17.2 Å². The molecular formula is C21H26F2N2O3S. The van der Waals surface area contributed by atoms with Crippen molar-refractivity contribution >= 4 is 15.9 Å². The number of amides is 1. The Bertz CT molecular complexity index is 921. The Morgan fingerprint density at radius 2 is 1.48 bits per heavy atom. The van der Waals surface area contributed by atoms with Gasteiger partial charge in [0.1, 0.15) is 11.6 Å². The summed E-state index contributed by atoms with van der Waals surface area (Å²) in [5, 5.41) is 0. The zero-order valence-corrected chi connectivity index (χ0v) is 17.7. The Morgan fingerprint density at radius 1 is 0.966 bits per heavy atom. The topological polar surface area (TPSA) is 57.7 Å². The second-order valence-corrected chi connectivity index (χ2v) is 8.69. The Balaban J connectivity index is 2.34. The zero-order chi connectivity index (χ0) is 21.6. The molecule has 0 fully saturated rings. The highest BCUT2D eigenvalue weighted by atomic mass is 32.2. The molecule has 2 rings (SSSR count). The van der Waals surface area contributed by atoms with Crippen LogP contribution in [0.1, 0.15) is 42.6 Å². The highest BCUT2D eigenvalue weighted by Gasteiger charge is 2.31. The van der Waals surface area contributed by atoms with Crippen LogP contribution in [0.5, 0.6) is 0 Å². The molecule has 0 unspecified atom stereocenters. The molecule has 0 N–H and O–H groups in total. The van der Waals surface area contributed by atoms with Crippen LogP contribution in [0.3, 0.4) is 0 Å². The van der Waals surface area contributed by atoms with Gasteiger partial charge in [0.15, 0.2) is 4.90 Å². The van der Waals surface area contributed by atoms with Crippen molar-refractivity contribution < 1.29 is 22.0 Å². The first-order valence-corrected chi connectivity index (χ1v) is 10.9. The van der Waals surface area contributed by atoms with Gasteiger partial charge in [-0.2, -0.15) is 4.31 Å². The second-order valence-electron chi connectivity index (χ2n) is 6.82. The van der Waals surface area contributed by atoms with Gasteiger partial charge in [0, 0.05) is 32.2 Å². The molecule has 2 aromatic carbocycles. The van der Waals surface area contributed by atoms with Crippen LogP contribution in [-0.4, -0.2) is 43.7 Å². The van der Waals surface area contributed by atoms with E-state index in [1.165, 1.54) is 11.9 Å². The van der Waals surface area contributed by atoms with E-state index >= 15 is 0 Å². The van der Waals surface area contributed by atoms with Crippen molar-refractivity contribution in [3.63, 3.8) is 0 Å². The van der Waals surface area contributed by atoms with E-state index in [0.717, 1.165) is 22.0 Å². The van der Waals surface area contributed by atoms with E-state index in [4.69, 9.17) is 0 Å². The zero-order valence-electron chi connectivity index (χ0n) is 16.9. The van der Waals surface area contributed by atoms with Crippen LogP contribution in [0.25, 0.3) is 0 Å². The lowest BCUT2D eigenvalue weighted by Crippen LogP contribution is -2.34. The van der Waals surface area contributed by atoms with Crippen LogP contribution in [0.4, 0.5) is 8.78 Å². The fourth-order valence-electron chi connectivity index (χ4n) is 3.06. The fraction of sp³-hybridized carbons (Fsp3) is 0.381. The van der Waals surface area contributed by atoms with E-state index in [-0.39, 0.29) is 25.2 Å². The molecule has 2 aromatic rings. The molecule has 0 heterocycles. The minimum atomic E-state index is -4.34. The summed E-state index contributed by atoms with van der Waals surface area (Å²) in [7, 11) is -2.83. The number of halogens is 2. The molecule has 0 radical (unpaired) electrons. The molecule has 8 heteroatoms. The highest BCUT2D eigenvalue weighted by molar-refractivity contribution is 7.89. The number of hydrogen-bond donors (Lipinski definition) is 0. The maximum atomic E-state index is 14.7. The molecule has 0 spiro atoms. The standard InChI is InChI=1S/C21H26F2N2O3S/c1-4-11-25(12-5-2)29(27,28)20-18(22)13-17(14-19(20)23)21(26)24(3)15-16-9-7-6-8-10-16/h6-10,13-14H,4-5,11-12,15H2,1-3H3. The third-order valence-corrected chi connectivity index (χ3v) is 6.35. The smallest absolute Gasteiger partial charge is 0.254 e. The second kappa shape index (κ2) is 9.93. The normalized spacial score (nSPS) is 11.7. The number of benzene rings is 2. The third kappa shape index (κ3) is 5.39. The molecular weight excluding hydrogens is 398 g/mol. The van der Waals surface area contributed by atoms with Crippen molar-refractivity contribution in [2.75, 3.05) is 20.1 Å². The molecule has 1 amide bonds. The molecule has 0 aliphatic carbocycles. The van der Waals surface area contributed by atoms with E-state index in [1.807, 2.05) is 30.3 Å².